The summed E-state index contributed by atoms with van der Waals surface area (Å²) < 4.78 is 2.01. The minimum atomic E-state index is -0.499. The molecule has 4 heteroatoms. The Bertz CT molecular complexity index is 562. The Morgan fingerprint density at radius 2 is 1.95 bits per heavy atom. The first kappa shape index (κ1) is 15.7. The molecule has 2 atom stereocenters. The van der Waals surface area contributed by atoms with Gasteiger partial charge >= 0.3 is 0 Å². The molecule has 1 aromatic carbocycles. The molecule has 0 saturated carbocycles. The number of aryl methyl sites for hydroxylation is 2. The third-order valence-electron chi connectivity index (χ3n) is 4.19. The van der Waals surface area contributed by atoms with E-state index in [4.69, 9.17) is 0 Å². The van der Waals surface area contributed by atoms with Crippen molar-refractivity contribution in [3.63, 3.8) is 0 Å². The molecule has 1 N–H and O–H groups in total. The van der Waals surface area contributed by atoms with E-state index in [1.165, 1.54) is 5.56 Å². The van der Waals surface area contributed by atoms with Gasteiger partial charge in [0, 0.05) is 25.5 Å². The quantitative estimate of drug-likeness (QED) is 0.887. The van der Waals surface area contributed by atoms with Crippen LogP contribution in [0.5, 0.6) is 0 Å². The lowest BCUT2D eigenvalue weighted by Gasteiger charge is -2.29. The average Bonchev–Trinajstić information content (AvgIpc) is 2.91. The van der Waals surface area contributed by atoms with Crippen molar-refractivity contribution in [2.24, 2.45) is 7.05 Å². The second kappa shape index (κ2) is 6.87. The van der Waals surface area contributed by atoms with E-state index in [0.29, 0.717) is 0 Å². The van der Waals surface area contributed by atoms with Gasteiger partial charge in [0.2, 0.25) is 0 Å². The SMILES string of the molecule is CCc1ccc(C(O)C(C)N(C)Cc2nccn2C)cc1. The fraction of sp³-hybridized carbons (Fsp3) is 0.471. The maximum Gasteiger partial charge on any atom is 0.122 e. The fourth-order valence-corrected chi connectivity index (χ4v) is 2.39. The van der Waals surface area contributed by atoms with Crippen molar-refractivity contribution in [3.8, 4) is 0 Å². The molecule has 0 aliphatic rings. The molecule has 0 saturated heterocycles. The summed E-state index contributed by atoms with van der Waals surface area (Å²) in [5.41, 5.74) is 2.26. The molecule has 0 spiro atoms. The molecular formula is C17H25N3O. The highest BCUT2D eigenvalue weighted by molar-refractivity contribution is 5.25. The molecule has 4 nitrogen and oxygen atoms in total. The van der Waals surface area contributed by atoms with Gasteiger partial charge in [0.25, 0.3) is 0 Å². The van der Waals surface area contributed by atoms with Crippen molar-refractivity contribution < 1.29 is 5.11 Å². The molecule has 114 valence electrons. The number of aromatic nitrogens is 2. The first-order valence-electron chi connectivity index (χ1n) is 7.46. The minimum Gasteiger partial charge on any atom is -0.387 e. The number of rotatable bonds is 6. The van der Waals surface area contributed by atoms with Gasteiger partial charge < -0.3 is 9.67 Å². The Balaban J connectivity index is 2.03. The fourth-order valence-electron chi connectivity index (χ4n) is 2.39. The van der Waals surface area contributed by atoms with Crippen molar-refractivity contribution in [2.75, 3.05) is 7.05 Å². The summed E-state index contributed by atoms with van der Waals surface area (Å²) in [5.74, 6) is 0.998. The van der Waals surface area contributed by atoms with Crippen LogP contribution in [0.25, 0.3) is 0 Å². The van der Waals surface area contributed by atoms with E-state index in [-0.39, 0.29) is 6.04 Å². The third-order valence-corrected chi connectivity index (χ3v) is 4.19. The van der Waals surface area contributed by atoms with Crippen LogP contribution in [0, 0.1) is 0 Å². The first-order valence-corrected chi connectivity index (χ1v) is 7.46. The average molecular weight is 287 g/mol. The van der Waals surface area contributed by atoms with Crippen LogP contribution in [0.1, 0.15) is 36.9 Å². The standard InChI is InChI=1S/C17H25N3O/c1-5-14-6-8-15(9-7-14)17(21)13(2)20(4)12-16-18-10-11-19(16)3/h6-11,13,17,21H,5,12H2,1-4H3. The third kappa shape index (κ3) is 3.71. The number of benzene rings is 1. The normalized spacial score (nSPS) is 14.4. The monoisotopic (exact) mass is 287 g/mol. The van der Waals surface area contributed by atoms with Crippen molar-refractivity contribution in [2.45, 2.75) is 39.0 Å². The Hall–Kier alpha value is -1.65. The Labute approximate surface area is 127 Å². The van der Waals surface area contributed by atoms with Gasteiger partial charge in [0.1, 0.15) is 5.82 Å². The van der Waals surface area contributed by atoms with Crippen LogP contribution in [0.15, 0.2) is 36.7 Å². The minimum absolute atomic E-state index is 0.0224. The van der Waals surface area contributed by atoms with Crippen molar-refractivity contribution in [1.29, 1.82) is 0 Å². The van der Waals surface area contributed by atoms with Crippen LogP contribution in [0.2, 0.25) is 0 Å². The molecule has 21 heavy (non-hydrogen) atoms. The molecule has 0 fully saturated rings. The number of likely N-dealkylation sites (N-methyl/N-ethyl adjacent to an activating group) is 1. The van der Waals surface area contributed by atoms with Gasteiger partial charge in [0.05, 0.1) is 12.6 Å². The molecule has 0 aliphatic heterocycles. The maximum atomic E-state index is 10.6. The first-order chi connectivity index (χ1) is 10.0. The van der Waals surface area contributed by atoms with Gasteiger partial charge in [0.15, 0.2) is 0 Å². The van der Waals surface area contributed by atoms with Crippen molar-refractivity contribution in [3.05, 3.63) is 53.6 Å². The van der Waals surface area contributed by atoms with E-state index >= 15 is 0 Å². The second-order valence-corrected chi connectivity index (χ2v) is 5.65. The van der Waals surface area contributed by atoms with Gasteiger partial charge in [-0.15, -0.1) is 0 Å². The molecule has 2 aromatic rings. The van der Waals surface area contributed by atoms with E-state index in [9.17, 15) is 5.11 Å². The van der Waals surface area contributed by atoms with E-state index in [2.05, 4.69) is 28.9 Å². The number of hydrogen-bond donors (Lipinski definition) is 1. The van der Waals surface area contributed by atoms with Gasteiger partial charge in [-0.3, -0.25) is 4.90 Å². The summed E-state index contributed by atoms with van der Waals surface area (Å²) in [4.78, 5) is 6.46. The second-order valence-electron chi connectivity index (χ2n) is 5.65. The van der Waals surface area contributed by atoms with Gasteiger partial charge in [-0.2, -0.15) is 0 Å². The largest absolute Gasteiger partial charge is 0.387 e. The lowest BCUT2D eigenvalue weighted by molar-refractivity contribution is 0.0671. The molecule has 0 amide bonds. The smallest absolute Gasteiger partial charge is 0.122 e. The predicted molar refractivity (Wildman–Crippen MR) is 84.9 cm³/mol. The van der Waals surface area contributed by atoms with Crippen LogP contribution in [0.4, 0.5) is 0 Å². The summed E-state index contributed by atoms with van der Waals surface area (Å²) in [6.07, 6.45) is 4.26. The van der Waals surface area contributed by atoms with Crippen LogP contribution >= 0.6 is 0 Å². The van der Waals surface area contributed by atoms with Crippen LogP contribution in [0.3, 0.4) is 0 Å². The summed E-state index contributed by atoms with van der Waals surface area (Å²) in [5, 5.41) is 10.6. The van der Waals surface area contributed by atoms with Crippen molar-refractivity contribution in [1.82, 2.24) is 14.5 Å². The summed E-state index contributed by atoms with van der Waals surface area (Å²) in [6, 6.07) is 8.24. The molecule has 2 unspecified atom stereocenters. The van der Waals surface area contributed by atoms with E-state index in [1.54, 1.807) is 6.20 Å². The number of hydrogen-bond acceptors (Lipinski definition) is 3. The number of nitrogens with zero attached hydrogens (tertiary/aromatic N) is 3. The number of imidazole rings is 1. The molecule has 1 heterocycles. The molecule has 0 aliphatic carbocycles. The van der Waals surface area contributed by atoms with Crippen LogP contribution in [-0.4, -0.2) is 32.6 Å². The van der Waals surface area contributed by atoms with Crippen molar-refractivity contribution >= 4 is 0 Å². The Kier molecular flexibility index (Phi) is 5.15. The highest BCUT2D eigenvalue weighted by atomic mass is 16.3. The highest BCUT2D eigenvalue weighted by Crippen LogP contribution is 2.21. The van der Waals surface area contributed by atoms with Crippen LogP contribution in [-0.2, 0) is 20.0 Å². The molecule has 0 bridgehead atoms. The molecular weight excluding hydrogens is 262 g/mol. The Morgan fingerprint density at radius 3 is 2.48 bits per heavy atom. The maximum absolute atomic E-state index is 10.6. The number of aliphatic hydroxyl groups excluding tert-OH is 1. The van der Waals surface area contributed by atoms with Crippen LogP contribution < -0.4 is 0 Å². The lowest BCUT2D eigenvalue weighted by atomic mass is 10.0. The molecule has 2 rings (SSSR count). The zero-order valence-electron chi connectivity index (χ0n) is 13.3. The van der Waals surface area contributed by atoms with Gasteiger partial charge in [-0.1, -0.05) is 31.2 Å². The zero-order valence-corrected chi connectivity index (χ0v) is 13.3. The summed E-state index contributed by atoms with van der Waals surface area (Å²) in [6.45, 7) is 4.89. The highest BCUT2D eigenvalue weighted by Gasteiger charge is 2.21. The summed E-state index contributed by atoms with van der Waals surface area (Å²) in [7, 11) is 4.00. The topological polar surface area (TPSA) is 41.3 Å². The zero-order chi connectivity index (χ0) is 15.4. The van der Waals surface area contributed by atoms with E-state index in [0.717, 1.165) is 24.4 Å². The summed E-state index contributed by atoms with van der Waals surface area (Å²) >= 11 is 0. The number of aliphatic hydroxyl groups is 1. The van der Waals surface area contributed by atoms with E-state index in [1.807, 2.05) is 43.9 Å². The Morgan fingerprint density at radius 1 is 1.29 bits per heavy atom. The lowest BCUT2D eigenvalue weighted by Crippen LogP contribution is -2.34. The van der Waals surface area contributed by atoms with E-state index < -0.39 is 6.10 Å². The predicted octanol–water partition coefficient (Wildman–Crippen LogP) is 2.54. The molecule has 0 radical (unpaired) electrons. The van der Waals surface area contributed by atoms with Gasteiger partial charge in [-0.05, 0) is 31.5 Å². The molecule has 1 aromatic heterocycles. The van der Waals surface area contributed by atoms with Gasteiger partial charge in [-0.25, -0.2) is 4.98 Å².